The minimum Gasteiger partial charge on any atom is -0.388 e. The van der Waals surface area contributed by atoms with Crippen LogP contribution in [-0.4, -0.2) is 10.1 Å². The van der Waals surface area contributed by atoms with Gasteiger partial charge in [-0.15, -0.1) is 0 Å². The Hall–Kier alpha value is -1.41. The van der Waals surface area contributed by atoms with Gasteiger partial charge in [-0.05, 0) is 49.4 Å². The van der Waals surface area contributed by atoms with Gasteiger partial charge in [0.05, 0.1) is 11.6 Å². The summed E-state index contributed by atoms with van der Waals surface area (Å²) in [7, 11) is 0. The lowest BCUT2D eigenvalue weighted by molar-refractivity contribution is 0.157. The number of hydrogen-bond acceptors (Lipinski definition) is 2. The van der Waals surface area contributed by atoms with Gasteiger partial charge in [-0.3, -0.25) is 4.98 Å². The van der Waals surface area contributed by atoms with E-state index in [1.807, 2.05) is 25.1 Å². The van der Waals surface area contributed by atoms with Gasteiger partial charge in [-0.25, -0.2) is 0 Å². The van der Waals surface area contributed by atoms with Gasteiger partial charge in [-0.2, -0.15) is 0 Å². The molecule has 1 N–H and O–H groups in total. The quantitative estimate of drug-likeness (QED) is 0.883. The lowest BCUT2D eigenvalue weighted by atomic mass is 9.96. The topological polar surface area (TPSA) is 33.1 Å². The molecule has 1 aromatic heterocycles. The number of nitrogens with zero attached hydrogens (tertiary/aromatic N) is 1. The second-order valence-corrected chi connectivity index (χ2v) is 6.15. The maximum absolute atomic E-state index is 10.4. The summed E-state index contributed by atoms with van der Waals surface area (Å²) in [5.41, 5.74) is 3.07. The second-order valence-electron chi connectivity index (χ2n) is 6.15. The molecule has 1 atom stereocenters. The highest BCUT2D eigenvalue weighted by Crippen LogP contribution is 2.31. The predicted octanol–water partition coefficient (Wildman–Crippen LogP) is 4.55. The van der Waals surface area contributed by atoms with E-state index in [0.29, 0.717) is 0 Å². The largest absolute Gasteiger partial charge is 0.388 e. The van der Waals surface area contributed by atoms with Gasteiger partial charge in [0.15, 0.2) is 0 Å². The molecule has 1 saturated carbocycles. The molecule has 1 unspecified atom stereocenters. The third kappa shape index (κ3) is 3.01. The highest BCUT2D eigenvalue weighted by atomic mass is 16.3. The van der Waals surface area contributed by atoms with Crippen molar-refractivity contribution >= 4 is 10.9 Å². The zero-order chi connectivity index (χ0) is 13.9. The van der Waals surface area contributed by atoms with E-state index < -0.39 is 0 Å². The van der Waals surface area contributed by atoms with Crippen molar-refractivity contribution in [2.24, 2.45) is 5.92 Å². The Morgan fingerprint density at radius 1 is 1.20 bits per heavy atom. The molecule has 1 aromatic carbocycles. The van der Waals surface area contributed by atoms with Gasteiger partial charge in [0.1, 0.15) is 0 Å². The maximum atomic E-state index is 10.4. The number of rotatable bonds is 4. The fourth-order valence-corrected chi connectivity index (χ4v) is 3.31. The van der Waals surface area contributed by atoms with Crippen LogP contribution < -0.4 is 0 Å². The van der Waals surface area contributed by atoms with Crippen molar-refractivity contribution in [2.45, 2.75) is 51.6 Å². The van der Waals surface area contributed by atoms with Gasteiger partial charge in [-0.1, -0.05) is 37.8 Å². The molecule has 2 aromatic rings. The summed E-state index contributed by atoms with van der Waals surface area (Å²) in [6, 6.07) is 10.2. The fourth-order valence-electron chi connectivity index (χ4n) is 3.31. The summed E-state index contributed by atoms with van der Waals surface area (Å²) in [6.07, 6.45) is 7.17. The Bertz CT molecular complexity index is 587. The number of fused-ring (bicyclic) bond motifs is 1. The van der Waals surface area contributed by atoms with Crippen molar-refractivity contribution in [1.82, 2.24) is 4.98 Å². The summed E-state index contributed by atoms with van der Waals surface area (Å²) in [6.45, 7) is 2.00. The molecular formula is C18H23NO. The monoisotopic (exact) mass is 269 g/mol. The molecule has 0 saturated heterocycles. The highest BCUT2D eigenvalue weighted by molar-refractivity contribution is 5.79. The van der Waals surface area contributed by atoms with E-state index in [4.69, 9.17) is 0 Å². The molecule has 1 fully saturated rings. The normalized spacial score (nSPS) is 17.7. The molecular weight excluding hydrogens is 246 g/mol. The predicted molar refractivity (Wildman–Crippen MR) is 82.6 cm³/mol. The molecule has 0 spiro atoms. The summed E-state index contributed by atoms with van der Waals surface area (Å²) in [5, 5.41) is 11.5. The van der Waals surface area contributed by atoms with Crippen LogP contribution in [0, 0.1) is 12.8 Å². The number of pyridine rings is 1. The van der Waals surface area contributed by atoms with E-state index in [9.17, 15) is 5.11 Å². The van der Waals surface area contributed by atoms with Gasteiger partial charge in [0, 0.05) is 11.1 Å². The van der Waals surface area contributed by atoms with Crippen LogP contribution in [0.25, 0.3) is 10.9 Å². The van der Waals surface area contributed by atoms with E-state index in [0.717, 1.165) is 40.9 Å². The van der Waals surface area contributed by atoms with Crippen molar-refractivity contribution in [3.63, 3.8) is 0 Å². The van der Waals surface area contributed by atoms with Crippen molar-refractivity contribution in [3.8, 4) is 0 Å². The van der Waals surface area contributed by atoms with E-state index in [1.54, 1.807) is 0 Å². The number of aliphatic hydroxyl groups is 1. The zero-order valence-corrected chi connectivity index (χ0v) is 12.2. The average Bonchev–Trinajstić information content (AvgIpc) is 2.97. The van der Waals surface area contributed by atoms with E-state index >= 15 is 0 Å². The molecule has 0 aliphatic heterocycles. The third-order valence-corrected chi connectivity index (χ3v) is 4.56. The van der Waals surface area contributed by atoms with Gasteiger partial charge in [0.25, 0.3) is 0 Å². The fraction of sp³-hybridized carbons (Fsp3) is 0.500. The molecule has 1 aliphatic carbocycles. The lowest BCUT2D eigenvalue weighted by Crippen LogP contribution is -2.01. The Kier molecular flexibility index (Phi) is 4.02. The Labute approximate surface area is 120 Å². The molecule has 1 heterocycles. The first kappa shape index (κ1) is 13.6. The first-order valence-electron chi connectivity index (χ1n) is 7.78. The summed E-state index contributed by atoms with van der Waals surface area (Å²) in [4.78, 5) is 4.50. The van der Waals surface area contributed by atoms with Gasteiger partial charge < -0.3 is 5.11 Å². The SMILES string of the molecule is Cc1ccc2cc(C(O)CCC3CCCC3)ccc2n1. The van der Waals surface area contributed by atoms with E-state index in [1.165, 1.54) is 25.7 Å². The van der Waals surface area contributed by atoms with Gasteiger partial charge in [0.2, 0.25) is 0 Å². The smallest absolute Gasteiger partial charge is 0.0790 e. The third-order valence-electron chi connectivity index (χ3n) is 4.56. The number of hydrogen-bond donors (Lipinski definition) is 1. The lowest BCUT2D eigenvalue weighted by Gasteiger charge is -2.14. The summed E-state index contributed by atoms with van der Waals surface area (Å²) >= 11 is 0. The first-order chi connectivity index (χ1) is 9.72. The number of benzene rings is 1. The number of aromatic nitrogens is 1. The minimum absolute atomic E-state index is 0.332. The zero-order valence-electron chi connectivity index (χ0n) is 12.2. The number of aliphatic hydroxyl groups excluding tert-OH is 1. The molecule has 1 aliphatic rings. The molecule has 2 nitrogen and oxygen atoms in total. The van der Waals surface area contributed by atoms with Crippen molar-refractivity contribution in [3.05, 3.63) is 41.6 Å². The highest BCUT2D eigenvalue weighted by Gasteiger charge is 2.17. The van der Waals surface area contributed by atoms with Crippen LogP contribution in [0.1, 0.15) is 55.9 Å². The maximum Gasteiger partial charge on any atom is 0.0790 e. The Morgan fingerprint density at radius 2 is 2.00 bits per heavy atom. The first-order valence-corrected chi connectivity index (χ1v) is 7.78. The molecule has 0 amide bonds. The average molecular weight is 269 g/mol. The summed E-state index contributed by atoms with van der Waals surface area (Å²) in [5.74, 6) is 0.842. The van der Waals surface area contributed by atoms with Crippen LogP contribution in [0.2, 0.25) is 0 Å². The molecule has 106 valence electrons. The Balaban J connectivity index is 1.70. The van der Waals surface area contributed by atoms with E-state index in [2.05, 4.69) is 17.1 Å². The van der Waals surface area contributed by atoms with Crippen LogP contribution in [0.5, 0.6) is 0 Å². The van der Waals surface area contributed by atoms with Crippen LogP contribution >= 0.6 is 0 Å². The molecule has 20 heavy (non-hydrogen) atoms. The molecule has 0 radical (unpaired) electrons. The molecule has 0 bridgehead atoms. The van der Waals surface area contributed by atoms with Crippen LogP contribution in [-0.2, 0) is 0 Å². The molecule has 3 rings (SSSR count). The standard InChI is InChI=1S/C18H23NO/c1-13-6-8-15-12-16(9-10-17(15)19-13)18(20)11-7-14-4-2-3-5-14/h6,8-10,12,14,18,20H,2-5,7,11H2,1H3. The van der Waals surface area contributed by atoms with Crippen LogP contribution in [0.15, 0.2) is 30.3 Å². The van der Waals surface area contributed by atoms with E-state index in [-0.39, 0.29) is 6.10 Å². The van der Waals surface area contributed by atoms with Crippen LogP contribution in [0.3, 0.4) is 0 Å². The van der Waals surface area contributed by atoms with Crippen LogP contribution in [0.4, 0.5) is 0 Å². The minimum atomic E-state index is -0.332. The molecule has 2 heteroatoms. The van der Waals surface area contributed by atoms with Crippen molar-refractivity contribution < 1.29 is 5.11 Å². The van der Waals surface area contributed by atoms with Crippen molar-refractivity contribution in [2.75, 3.05) is 0 Å². The number of aryl methyl sites for hydroxylation is 1. The van der Waals surface area contributed by atoms with Gasteiger partial charge >= 0.3 is 0 Å². The van der Waals surface area contributed by atoms with Crippen molar-refractivity contribution in [1.29, 1.82) is 0 Å². The second kappa shape index (κ2) is 5.92. The summed E-state index contributed by atoms with van der Waals surface area (Å²) < 4.78 is 0. The Morgan fingerprint density at radius 3 is 2.80 bits per heavy atom.